The number of pyridine rings is 3. The zero-order valence-corrected chi connectivity index (χ0v) is 25.6. The van der Waals surface area contributed by atoms with E-state index in [0.29, 0.717) is 33.4 Å². The van der Waals surface area contributed by atoms with Gasteiger partial charge in [-0.2, -0.15) is 0 Å². The van der Waals surface area contributed by atoms with Crippen molar-refractivity contribution in [3.63, 3.8) is 0 Å². The molecule has 0 saturated heterocycles. The molecule has 4 N–H and O–H groups in total. The van der Waals surface area contributed by atoms with E-state index >= 15 is 0 Å². The fourth-order valence-corrected chi connectivity index (χ4v) is 4.79. The first-order valence-electron chi connectivity index (χ1n) is 13.1. The summed E-state index contributed by atoms with van der Waals surface area (Å²) in [6.45, 7) is 0. The van der Waals surface area contributed by atoms with Crippen molar-refractivity contribution in [1.82, 2.24) is 25.3 Å². The zero-order valence-electron chi connectivity index (χ0n) is 22.5. The number of rotatable bonds is 6. The molecular formula is C29H25Br2N7O5. The second kappa shape index (κ2) is 13.7. The molecule has 2 aliphatic rings. The standard InChI is InChI=1S/C12H9BrN2O3.C11H11N3O.C6H5BrN2O/c13-8-5-7(3-4-14-8)10-9(12(16)17)11(18-15-10)6-1-2-6;12-11-5-8(3-4-13-11)9-6-10(15-14-9)7-1-2-7;7-6-3-5(4-9-10)1-2-8-6/h3-6H,1-2H2,(H,16,17);3-7H,1-2H2,(H2,12,13);1-4,10H/b;;9-4+. The van der Waals surface area contributed by atoms with E-state index in [2.05, 4.69) is 62.3 Å². The molecule has 0 amide bonds. The van der Waals surface area contributed by atoms with Crippen LogP contribution in [-0.2, 0) is 0 Å². The van der Waals surface area contributed by atoms with Crippen molar-refractivity contribution < 1.29 is 24.2 Å². The molecule has 12 nitrogen and oxygen atoms in total. The Morgan fingerprint density at radius 2 is 1.56 bits per heavy atom. The summed E-state index contributed by atoms with van der Waals surface area (Å²) in [4.78, 5) is 23.2. The van der Waals surface area contributed by atoms with Crippen LogP contribution in [-0.4, -0.2) is 47.8 Å². The van der Waals surface area contributed by atoms with Crippen LogP contribution >= 0.6 is 31.9 Å². The monoisotopic (exact) mass is 709 g/mol. The average Bonchev–Trinajstić information content (AvgIpc) is 3.92. The maximum Gasteiger partial charge on any atom is 0.341 e. The van der Waals surface area contributed by atoms with E-state index in [4.69, 9.17) is 20.0 Å². The van der Waals surface area contributed by atoms with Gasteiger partial charge in [-0.05, 0) is 93.9 Å². The van der Waals surface area contributed by atoms with E-state index in [1.54, 1.807) is 48.9 Å². The Morgan fingerprint density at radius 3 is 2.19 bits per heavy atom. The quantitative estimate of drug-likeness (QED) is 0.0718. The fourth-order valence-electron chi connectivity index (χ4n) is 4.04. The molecule has 2 saturated carbocycles. The number of aromatic carboxylic acids is 1. The summed E-state index contributed by atoms with van der Waals surface area (Å²) in [6, 6.07) is 12.6. The second-order valence-electron chi connectivity index (χ2n) is 9.73. The van der Waals surface area contributed by atoms with Gasteiger partial charge in [-0.1, -0.05) is 15.5 Å². The lowest BCUT2D eigenvalue weighted by atomic mass is 10.1. The highest BCUT2D eigenvalue weighted by atomic mass is 79.9. The summed E-state index contributed by atoms with van der Waals surface area (Å²) in [5.74, 6) is 1.78. The number of carbonyl (C=O) groups is 1. The number of hydrogen-bond acceptors (Lipinski definition) is 11. The van der Waals surface area contributed by atoms with E-state index in [1.807, 2.05) is 12.1 Å². The number of nitrogen functional groups attached to an aromatic ring is 1. The summed E-state index contributed by atoms with van der Waals surface area (Å²) in [5.41, 5.74) is 9.44. The molecule has 0 atom stereocenters. The van der Waals surface area contributed by atoms with Crippen molar-refractivity contribution in [2.24, 2.45) is 5.16 Å². The predicted octanol–water partition coefficient (Wildman–Crippen LogP) is 6.92. The highest BCUT2D eigenvalue weighted by molar-refractivity contribution is 9.10. The van der Waals surface area contributed by atoms with Crippen molar-refractivity contribution >= 4 is 49.9 Å². The number of nitrogens with two attached hydrogens (primary N) is 1. The van der Waals surface area contributed by atoms with Crippen LogP contribution in [0.3, 0.4) is 0 Å². The lowest BCUT2D eigenvalue weighted by molar-refractivity contribution is 0.0695. The van der Waals surface area contributed by atoms with Gasteiger partial charge in [0.05, 0.1) is 6.21 Å². The molecule has 7 rings (SSSR count). The Hall–Kier alpha value is -4.43. The Bertz CT molecular complexity index is 1750. The van der Waals surface area contributed by atoms with E-state index in [0.717, 1.165) is 40.0 Å². The Balaban J connectivity index is 0.000000134. The van der Waals surface area contributed by atoms with Crippen LogP contribution < -0.4 is 5.73 Å². The summed E-state index contributed by atoms with van der Waals surface area (Å²) in [7, 11) is 0. The minimum atomic E-state index is -0.999. The minimum Gasteiger partial charge on any atom is -0.477 e. The summed E-state index contributed by atoms with van der Waals surface area (Å²) in [5, 5.41) is 28.3. The smallest absolute Gasteiger partial charge is 0.341 e. The van der Waals surface area contributed by atoms with Crippen LogP contribution in [0.25, 0.3) is 22.5 Å². The number of aromatic nitrogens is 5. The number of halogens is 2. The molecule has 2 fully saturated rings. The molecule has 43 heavy (non-hydrogen) atoms. The van der Waals surface area contributed by atoms with Crippen LogP contribution in [0, 0.1) is 0 Å². The maximum absolute atomic E-state index is 11.4. The van der Waals surface area contributed by atoms with Gasteiger partial charge in [0.1, 0.15) is 37.7 Å². The van der Waals surface area contributed by atoms with Gasteiger partial charge < -0.3 is 25.1 Å². The highest BCUT2D eigenvalue weighted by Crippen LogP contribution is 2.44. The predicted molar refractivity (Wildman–Crippen MR) is 164 cm³/mol. The maximum atomic E-state index is 11.4. The van der Waals surface area contributed by atoms with E-state index < -0.39 is 5.97 Å². The fraction of sp³-hybridized carbons (Fsp3) is 0.207. The van der Waals surface area contributed by atoms with Gasteiger partial charge in [-0.3, -0.25) is 0 Å². The topological polar surface area (TPSA) is 187 Å². The molecule has 0 aromatic carbocycles. The minimum absolute atomic E-state index is 0.176. The van der Waals surface area contributed by atoms with Gasteiger partial charge in [-0.25, -0.2) is 19.7 Å². The summed E-state index contributed by atoms with van der Waals surface area (Å²) in [6.07, 6.45) is 10.6. The van der Waals surface area contributed by atoms with Gasteiger partial charge in [0.25, 0.3) is 0 Å². The van der Waals surface area contributed by atoms with Gasteiger partial charge in [0.2, 0.25) is 0 Å². The summed E-state index contributed by atoms with van der Waals surface area (Å²) >= 11 is 6.43. The number of nitrogens with zero attached hydrogens (tertiary/aromatic N) is 6. The molecule has 2 aliphatic carbocycles. The van der Waals surface area contributed by atoms with Gasteiger partial charge in [-0.15, -0.1) is 0 Å². The van der Waals surface area contributed by atoms with Crippen molar-refractivity contribution in [3.05, 3.63) is 92.9 Å². The molecule has 5 heterocycles. The molecule has 220 valence electrons. The molecule has 5 aromatic heterocycles. The number of carboxylic acid groups (broad SMARTS) is 1. The Morgan fingerprint density at radius 1 is 0.884 bits per heavy atom. The van der Waals surface area contributed by atoms with Crippen LogP contribution in [0.5, 0.6) is 0 Å². The van der Waals surface area contributed by atoms with Crippen molar-refractivity contribution in [3.8, 4) is 22.5 Å². The molecule has 5 aromatic rings. The van der Waals surface area contributed by atoms with Crippen molar-refractivity contribution in [1.29, 1.82) is 0 Å². The van der Waals surface area contributed by atoms with Crippen molar-refractivity contribution in [2.75, 3.05) is 5.73 Å². The van der Waals surface area contributed by atoms with Crippen LogP contribution in [0.1, 0.15) is 65.0 Å². The molecule has 0 unspecified atom stereocenters. The lowest BCUT2D eigenvalue weighted by Crippen LogP contribution is -2.00. The third kappa shape index (κ3) is 8.11. The van der Waals surface area contributed by atoms with Crippen LogP contribution in [0.15, 0.2) is 84.5 Å². The van der Waals surface area contributed by atoms with E-state index in [1.165, 1.54) is 19.1 Å². The van der Waals surface area contributed by atoms with Crippen molar-refractivity contribution in [2.45, 2.75) is 37.5 Å². The molecule has 0 spiro atoms. The van der Waals surface area contributed by atoms with Crippen LogP contribution in [0.4, 0.5) is 5.82 Å². The average molecular weight is 711 g/mol. The first-order chi connectivity index (χ1) is 20.8. The van der Waals surface area contributed by atoms with Crippen LogP contribution in [0.2, 0.25) is 0 Å². The number of hydrogen-bond donors (Lipinski definition) is 3. The van der Waals surface area contributed by atoms with Gasteiger partial charge in [0, 0.05) is 53.2 Å². The van der Waals surface area contributed by atoms with E-state index in [9.17, 15) is 9.90 Å². The number of oxime groups is 1. The molecule has 0 aliphatic heterocycles. The Labute approximate surface area is 262 Å². The zero-order chi connectivity index (χ0) is 30.3. The number of carboxylic acids is 1. The Kier molecular flexibility index (Phi) is 9.57. The summed E-state index contributed by atoms with van der Waals surface area (Å²) < 4.78 is 11.8. The molecule has 14 heteroatoms. The van der Waals surface area contributed by atoms with E-state index in [-0.39, 0.29) is 11.5 Å². The second-order valence-corrected chi connectivity index (χ2v) is 11.4. The lowest BCUT2D eigenvalue weighted by Gasteiger charge is -1.99. The first-order valence-corrected chi connectivity index (χ1v) is 14.7. The molecular weight excluding hydrogens is 686 g/mol. The van der Waals surface area contributed by atoms with Gasteiger partial charge in [0.15, 0.2) is 5.76 Å². The third-order valence-electron chi connectivity index (χ3n) is 6.42. The molecule has 0 bridgehead atoms. The highest BCUT2D eigenvalue weighted by Gasteiger charge is 2.35. The first kappa shape index (κ1) is 30.0. The van der Waals surface area contributed by atoms with Gasteiger partial charge >= 0.3 is 5.97 Å². The number of anilines is 1. The largest absolute Gasteiger partial charge is 0.477 e. The SMILES string of the molecule is Nc1cc(-c2cc(C3CC3)on2)ccn1.O/N=C/c1ccnc(Br)c1.O=C(O)c1c(-c2ccnc(Br)c2)noc1C1CC1. The third-order valence-corrected chi connectivity index (χ3v) is 7.29. The molecule has 0 radical (unpaired) electrons. The normalized spacial score (nSPS) is 14.0.